The molecular formula is C18H16F2N2O2S2. The number of thioether (sulfide) groups is 1. The Morgan fingerprint density at radius 1 is 1.12 bits per heavy atom. The Bertz CT molecular complexity index is 979. The van der Waals surface area contributed by atoms with Gasteiger partial charge in [-0.15, -0.1) is 0 Å². The Hall–Kier alpha value is -1.93. The van der Waals surface area contributed by atoms with Gasteiger partial charge in [0.15, 0.2) is 15.0 Å². The average Bonchev–Trinajstić information content (AvgIpc) is 3.05. The van der Waals surface area contributed by atoms with Crippen molar-refractivity contribution in [1.29, 1.82) is 0 Å². The zero-order chi connectivity index (χ0) is 18.3. The Balaban J connectivity index is 1.64. The summed E-state index contributed by atoms with van der Waals surface area (Å²) in [7, 11) is -3.19. The van der Waals surface area contributed by atoms with Crippen LogP contribution in [-0.2, 0) is 15.6 Å². The molecule has 2 atom stereocenters. The van der Waals surface area contributed by atoms with Gasteiger partial charge in [0.05, 0.1) is 29.3 Å². The Morgan fingerprint density at radius 3 is 2.69 bits per heavy atom. The van der Waals surface area contributed by atoms with E-state index in [0.29, 0.717) is 16.6 Å². The van der Waals surface area contributed by atoms with E-state index in [1.807, 2.05) is 6.07 Å². The van der Waals surface area contributed by atoms with Crippen LogP contribution in [0.4, 0.5) is 14.5 Å². The van der Waals surface area contributed by atoms with E-state index in [-0.39, 0.29) is 17.3 Å². The van der Waals surface area contributed by atoms with Crippen LogP contribution in [0.5, 0.6) is 0 Å². The van der Waals surface area contributed by atoms with E-state index in [1.165, 1.54) is 30.0 Å². The third-order valence-electron chi connectivity index (χ3n) is 4.48. The summed E-state index contributed by atoms with van der Waals surface area (Å²) >= 11 is 1.36. The molecule has 136 valence electrons. The molecule has 8 heteroatoms. The van der Waals surface area contributed by atoms with E-state index < -0.39 is 27.7 Å². The predicted molar refractivity (Wildman–Crippen MR) is 100 cm³/mol. The molecule has 2 aromatic carbocycles. The van der Waals surface area contributed by atoms with Crippen molar-refractivity contribution in [3.8, 4) is 0 Å². The van der Waals surface area contributed by atoms with Crippen molar-refractivity contribution in [2.24, 2.45) is 4.99 Å². The van der Waals surface area contributed by atoms with Crippen LogP contribution < -0.4 is 4.90 Å². The summed E-state index contributed by atoms with van der Waals surface area (Å²) in [5.74, 6) is -0.332. The lowest BCUT2D eigenvalue weighted by Crippen LogP contribution is -2.39. The fraction of sp³-hybridized carbons (Fsp3) is 0.278. The zero-order valence-electron chi connectivity index (χ0n) is 13.7. The number of benzene rings is 2. The molecule has 2 heterocycles. The molecule has 0 spiro atoms. The maximum absolute atomic E-state index is 14.4. The minimum absolute atomic E-state index is 0.0212. The number of aliphatic imine (C=N–C) groups is 1. The summed E-state index contributed by atoms with van der Waals surface area (Å²) in [5, 5.41) is 0.573. The lowest BCUT2D eigenvalue weighted by molar-refractivity contribution is 0.600. The van der Waals surface area contributed by atoms with Gasteiger partial charge in [-0.2, -0.15) is 0 Å². The first-order valence-corrected chi connectivity index (χ1v) is 10.9. The molecule has 1 saturated heterocycles. The van der Waals surface area contributed by atoms with Gasteiger partial charge in [0.25, 0.3) is 0 Å². The quantitative estimate of drug-likeness (QED) is 0.802. The highest BCUT2D eigenvalue weighted by Gasteiger charge is 2.47. The number of amidine groups is 1. The number of hydrogen-bond donors (Lipinski definition) is 0. The summed E-state index contributed by atoms with van der Waals surface area (Å²) in [6.07, 6.45) is 0. The second kappa shape index (κ2) is 6.66. The maximum atomic E-state index is 14.4. The average molecular weight is 394 g/mol. The molecule has 26 heavy (non-hydrogen) atoms. The van der Waals surface area contributed by atoms with E-state index in [4.69, 9.17) is 0 Å². The lowest BCUT2D eigenvalue weighted by Gasteiger charge is -2.26. The van der Waals surface area contributed by atoms with Crippen molar-refractivity contribution < 1.29 is 17.2 Å². The summed E-state index contributed by atoms with van der Waals surface area (Å²) < 4.78 is 51.7. The number of hydrogen-bond acceptors (Lipinski definition) is 5. The minimum atomic E-state index is -3.19. The second-order valence-electron chi connectivity index (χ2n) is 6.36. The van der Waals surface area contributed by atoms with E-state index in [9.17, 15) is 17.2 Å². The summed E-state index contributed by atoms with van der Waals surface area (Å²) in [5.41, 5.74) is 1.11. The van der Waals surface area contributed by atoms with E-state index >= 15 is 0 Å². The lowest BCUT2D eigenvalue weighted by atomic mass is 10.1. The highest BCUT2D eigenvalue weighted by molar-refractivity contribution is 8.13. The van der Waals surface area contributed by atoms with Crippen molar-refractivity contribution in [3.63, 3.8) is 0 Å². The Morgan fingerprint density at radius 2 is 1.92 bits per heavy atom. The monoisotopic (exact) mass is 394 g/mol. The topological polar surface area (TPSA) is 49.7 Å². The number of halogens is 2. The highest BCUT2D eigenvalue weighted by atomic mass is 32.2. The molecule has 1 fully saturated rings. The van der Waals surface area contributed by atoms with Gasteiger partial charge < -0.3 is 4.90 Å². The standard InChI is InChI=1S/C18H16F2N2O2S2/c19-13-5-3-4-12(8-13)9-25-18-21-15-10-26(23,24)11-17(15)22(18)16-7-2-1-6-14(16)20/h1-8,15,17H,9-11H2/t15-,17+/m0/s1. The van der Waals surface area contributed by atoms with Crippen LogP contribution in [0.25, 0.3) is 0 Å². The number of rotatable bonds is 3. The molecule has 4 rings (SSSR count). The van der Waals surface area contributed by atoms with Crippen LogP contribution in [0.1, 0.15) is 5.56 Å². The largest absolute Gasteiger partial charge is 0.312 e. The van der Waals surface area contributed by atoms with Crippen LogP contribution in [0.15, 0.2) is 53.5 Å². The Labute approximate surface area is 154 Å². The zero-order valence-corrected chi connectivity index (χ0v) is 15.3. The molecule has 4 nitrogen and oxygen atoms in total. The first kappa shape index (κ1) is 17.5. The fourth-order valence-corrected chi connectivity index (χ4v) is 6.24. The smallest absolute Gasteiger partial charge is 0.164 e. The number of fused-ring (bicyclic) bond motifs is 1. The predicted octanol–water partition coefficient (Wildman–Crippen LogP) is 3.24. The number of nitrogens with zero attached hydrogens (tertiary/aromatic N) is 2. The first-order chi connectivity index (χ1) is 12.4. The van der Waals surface area contributed by atoms with E-state index in [1.54, 1.807) is 29.2 Å². The SMILES string of the molecule is O=S1(=O)C[C@@H]2N=C(SCc3cccc(F)c3)N(c3ccccc3F)[C@@H]2C1. The molecule has 0 aliphatic carbocycles. The van der Waals surface area contributed by atoms with Gasteiger partial charge in [-0.05, 0) is 29.8 Å². The number of para-hydroxylation sites is 1. The molecule has 0 amide bonds. The normalized spacial score (nSPS) is 23.8. The van der Waals surface area contributed by atoms with Gasteiger partial charge >= 0.3 is 0 Å². The second-order valence-corrected chi connectivity index (χ2v) is 9.46. The van der Waals surface area contributed by atoms with Crippen LogP contribution >= 0.6 is 11.8 Å². The van der Waals surface area contributed by atoms with Crippen molar-refractivity contribution in [2.45, 2.75) is 17.8 Å². The van der Waals surface area contributed by atoms with Gasteiger partial charge in [-0.1, -0.05) is 36.0 Å². The molecule has 0 bridgehead atoms. The third-order valence-corrected chi connectivity index (χ3v) is 7.21. The third kappa shape index (κ3) is 3.35. The molecule has 0 saturated carbocycles. The summed E-state index contributed by atoms with van der Waals surface area (Å²) in [4.78, 5) is 6.24. The van der Waals surface area contributed by atoms with E-state index in [2.05, 4.69) is 4.99 Å². The van der Waals surface area contributed by atoms with Crippen LogP contribution in [-0.4, -0.2) is 37.2 Å². The van der Waals surface area contributed by atoms with Crippen molar-refractivity contribution >= 4 is 32.5 Å². The van der Waals surface area contributed by atoms with Crippen LogP contribution in [0.3, 0.4) is 0 Å². The number of sulfone groups is 1. The van der Waals surface area contributed by atoms with Gasteiger partial charge in [0.2, 0.25) is 0 Å². The maximum Gasteiger partial charge on any atom is 0.164 e. The van der Waals surface area contributed by atoms with Crippen molar-refractivity contribution in [2.75, 3.05) is 16.4 Å². The molecule has 0 aromatic heterocycles. The van der Waals surface area contributed by atoms with Gasteiger partial charge in [-0.25, -0.2) is 17.2 Å². The molecular weight excluding hydrogens is 378 g/mol. The van der Waals surface area contributed by atoms with Gasteiger partial charge in [0, 0.05) is 5.75 Å². The summed E-state index contributed by atoms with van der Waals surface area (Å²) in [6, 6.07) is 11.8. The fourth-order valence-electron chi connectivity index (χ4n) is 3.34. The van der Waals surface area contributed by atoms with E-state index in [0.717, 1.165) is 5.56 Å². The van der Waals surface area contributed by atoms with Crippen molar-refractivity contribution in [3.05, 3.63) is 65.7 Å². The summed E-state index contributed by atoms with van der Waals surface area (Å²) in [6.45, 7) is 0. The van der Waals surface area contributed by atoms with Gasteiger partial charge in [0.1, 0.15) is 11.6 Å². The van der Waals surface area contributed by atoms with Crippen LogP contribution in [0, 0.1) is 11.6 Å². The molecule has 0 N–H and O–H groups in total. The molecule has 2 aliphatic heterocycles. The Kier molecular flexibility index (Phi) is 4.48. The van der Waals surface area contributed by atoms with Crippen LogP contribution in [0.2, 0.25) is 0 Å². The first-order valence-electron chi connectivity index (χ1n) is 8.12. The molecule has 0 unspecified atom stereocenters. The molecule has 2 aliphatic rings. The minimum Gasteiger partial charge on any atom is -0.312 e. The number of anilines is 1. The van der Waals surface area contributed by atoms with Gasteiger partial charge in [-0.3, -0.25) is 4.99 Å². The molecule has 2 aromatic rings. The molecule has 0 radical (unpaired) electrons. The highest BCUT2D eigenvalue weighted by Crippen LogP contribution is 2.36. The van der Waals surface area contributed by atoms with Crippen molar-refractivity contribution in [1.82, 2.24) is 0 Å².